The van der Waals surface area contributed by atoms with Gasteiger partial charge in [0.1, 0.15) is 11.5 Å². The Morgan fingerprint density at radius 1 is 1.35 bits per heavy atom. The van der Waals surface area contributed by atoms with Crippen molar-refractivity contribution in [2.24, 2.45) is 0 Å². The number of hydrogen-bond donors (Lipinski definition) is 2. The van der Waals surface area contributed by atoms with Crippen LogP contribution in [0.3, 0.4) is 0 Å². The zero-order valence-corrected chi connectivity index (χ0v) is 12.1. The summed E-state index contributed by atoms with van der Waals surface area (Å²) >= 11 is 0. The van der Waals surface area contributed by atoms with Gasteiger partial charge in [-0.25, -0.2) is 0 Å². The fourth-order valence-corrected chi connectivity index (χ4v) is 1.74. The lowest BCUT2D eigenvalue weighted by Crippen LogP contribution is -2.23. The second-order valence-electron chi connectivity index (χ2n) is 4.26. The van der Waals surface area contributed by atoms with Crippen molar-refractivity contribution in [2.75, 3.05) is 27.4 Å². The molecule has 0 aliphatic heterocycles. The molecule has 1 aromatic carbocycles. The molecule has 0 saturated carbocycles. The molecule has 0 radical (unpaired) electrons. The minimum atomic E-state index is -0.186. The van der Waals surface area contributed by atoms with Crippen LogP contribution in [0.5, 0.6) is 11.5 Å². The summed E-state index contributed by atoms with van der Waals surface area (Å²) in [5.74, 6) is 1.17. The number of benzene rings is 1. The molecular weight excluding hydrogens is 258 g/mol. The van der Waals surface area contributed by atoms with E-state index in [4.69, 9.17) is 14.6 Å². The molecule has 0 unspecified atom stereocenters. The van der Waals surface area contributed by atoms with Gasteiger partial charge in [-0.2, -0.15) is 0 Å². The van der Waals surface area contributed by atoms with E-state index in [0.717, 1.165) is 11.1 Å². The highest BCUT2D eigenvalue weighted by atomic mass is 16.5. The Balaban J connectivity index is 2.85. The molecular formula is C15H21NO4. The van der Waals surface area contributed by atoms with Crippen LogP contribution < -0.4 is 14.8 Å². The lowest BCUT2D eigenvalue weighted by atomic mass is 10.1. The van der Waals surface area contributed by atoms with Crippen molar-refractivity contribution in [3.8, 4) is 11.5 Å². The van der Waals surface area contributed by atoms with Crippen molar-refractivity contribution in [2.45, 2.75) is 13.3 Å². The number of amides is 1. The molecule has 0 spiro atoms. The second kappa shape index (κ2) is 8.22. The van der Waals surface area contributed by atoms with Gasteiger partial charge in [-0.1, -0.05) is 0 Å². The van der Waals surface area contributed by atoms with Crippen molar-refractivity contribution in [3.05, 3.63) is 29.8 Å². The van der Waals surface area contributed by atoms with Gasteiger partial charge in [0.2, 0.25) is 5.91 Å². The van der Waals surface area contributed by atoms with Gasteiger partial charge in [0, 0.05) is 30.9 Å². The molecule has 0 bridgehead atoms. The molecule has 20 heavy (non-hydrogen) atoms. The number of rotatable bonds is 7. The smallest absolute Gasteiger partial charge is 0.244 e. The van der Waals surface area contributed by atoms with E-state index < -0.39 is 0 Å². The number of nitrogens with one attached hydrogen (secondary N) is 1. The predicted octanol–water partition coefficient (Wildman–Crippen LogP) is 1.61. The van der Waals surface area contributed by atoms with Gasteiger partial charge in [-0.3, -0.25) is 4.79 Å². The SMILES string of the molecule is COc1ccc(/C(C)=C/C(=O)NCCCO)c(OC)c1. The fraction of sp³-hybridized carbons (Fsp3) is 0.400. The second-order valence-corrected chi connectivity index (χ2v) is 4.26. The molecule has 0 aliphatic rings. The van der Waals surface area contributed by atoms with Crippen LogP contribution in [0, 0.1) is 0 Å². The third-order valence-electron chi connectivity index (χ3n) is 2.82. The highest BCUT2D eigenvalue weighted by Gasteiger charge is 2.08. The molecule has 2 N–H and O–H groups in total. The lowest BCUT2D eigenvalue weighted by molar-refractivity contribution is -0.116. The van der Waals surface area contributed by atoms with Crippen LogP contribution in [-0.2, 0) is 4.79 Å². The summed E-state index contributed by atoms with van der Waals surface area (Å²) in [6, 6.07) is 5.44. The highest BCUT2D eigenvalue weighted by molar-refractivity contribution is 5.95. The van der Waals surface area contributed by atoms with Gasteiger partial charge in [-0.05, 0) is 31.1 Å². The van der Waals surface area contributed by atoms with Crippen LogP contribution in [0.1, 0.15) is 18.9 Å². The largest absolute Gasteiger partial charge is 0.497 e. The molecule has 5 nitrogen and oxygen atoms in total. The van der Waals surface area contributed by atoms with Gasteiger partial charge in [-0.15, -0.1) is 0 Å². The molecule has 0 fully saturated rings. The number of carbonyl (C=O) groups is 1. The average Bonchev–Trinajstić information content (AvgIpc) is 2.46. The minimum Gasteiger partial charge on any atom is -0.497 e. The summed E-state index contributed by atoms with van der Waals surface area (Å²) in [5, 5.41) is 11.4. The van der Waals surface area contributed by atoms with Crippen molar-refractivity contribution in [1.29, 1.82) is 0 Å². The summed E-state index contributed by atoms with van der Waals surface area (Å²) in [7, 11) is 3.17. The minimum absolute atomic E-state index is 0.0648. The quantitative estimate of drug-likeness (QED) is 0.588. The highest BCUT2D eigenvalue weighted by Crippen LogP contribution is 2.29. The molecule has 0 heterocycles. The monoisotopic (exact) mass is 279 g/mol. The van der Waals surface area contributed by atoms with E-state index in [1.165, 1.54) is 6.08 Å². The summed E-state index contributed by atoms with van der Waals surface area (Å²) in [6.45, 7) is 2.37. The maximum Gasteiger partial charge on any atom is 0.244 e. The Morgan fingerprint density at radius 3 is 2.70 bits per heavy atom. The molecule has 1 rings (SSSR count). The van der Waals surface area contributed by atoms with E-state index in [2.05, 4.69) is 5.32 Å². The van der Waals surface area contributed by atoms with Gasteiger partial charge in [0.25, 0.3) is 0 Å². The van der Waals surface area contributed by atoms with Gasteiger partial charge >= 0.3 is 0 Å². The van der Waals surface area contributed by atoms with E-state index in [1.807, 2.05) is 19.1 Å². The Bertz CT molecular complexity index is 483. The zero-order valence-electron chi connectivity index (χ0n) is 12.1. The number of hydrogen-bond acceptors (Lipinski definition) is 4. The molecule has 110 valence electrons. The van der Waals surface area contributed by atoms with Crippen molar-refractivity contribution < 1.29 is 19.4 Å². The summed E-state index contributed by atoms with van der Waals surface area (Å²) in [4.78, 5) is 11.7. The summed E-state index contributed by atoms with van der Waals surface area (Å²) in [6.07, 6.45) is 2.06. The first-order valence-electron chi connectivity index (χ1n) is 6.41. The lowest BCUT2D eigenvalue weighted by Gasteiger charge is -2.11. The number of aliphatic hydroxyl groups excluding tert-OH is 1. The van der Waals surface area contributed by atoms with Crippen LogP contribution in [-0.4, -0.2) is 38.4 Å². The first kappa shape index (κ1) is 16.0. The number of allylic oxidation sites excluding steroid dienone is 1. The molecule has 0 aliphatic carbocycles. The van der Waals surface area contributed by atoms with Crippen LogP contribution in [0.15, 0.2) is 24.3 Å². The summed E-state index contributed by atoms with van der Waals surface area (Å²) in [5.41, 5.74) is 1.64. The van der Waals surface area contributed by atoms with Gasteiger partial charge < -0.3 is 19.9 Å². The molecule has 5 heteroatoms. The predicted molar refractivity (Wildman–Crippen MR) is 77.9 cm³/mol. The number of ether oxygens (including phenoxy) is 2. The number of aliphatic hydroxyl groups is 1. The number of methoxy groups -OCH3 is 2. The van der Waals surface area contributed by atoms with E-state index in [1.54, 1.807) is 20.3 Å². The van der Waals surface area contributed by atoms with E-state index in [9.17, 15) is 4.79 Å². The third kappa shape index (κ3) is 4.59. The van der Waals surface area contributed by atoms with Crippen molar-refractivity contribution >= 4 is 11.5 Å². The van der Waals surface area contributed by atoms with Crippen LogP contribution in [0.2, 0.25) is 0 Å². The van der Waals surface area contributed by atoms with Crippen LogP contribution in [0.25, 0.3) is 5.57 Å². The van der Waals surface area contributed by atoms with Gasteiger partial charge in [0.15, 0.2) is 0 Å². The van der Waals surface area contributed by atoms with Crippen LogP contribution in [0.4, 0.5) is 0 Å². The van der Waals surface area contributed by atoms with Crippen molar-refractivity contribution in [1.82, 2.24) is 5.32 Å². The Hall–Kier alpha value is -2.01. The third-order valence-corrected chi connectivity index (χ3v) is 2.82. The van der Waals surface area contributed by atoms with E-state index in [-0.39, 0.29) is 12.5 Å². The number of carbonyl (C=O) groups excluding carboxylic acids is 1. The Kier molecular flexibility index (Phi) is 6.59. The van der Waals surface area contributed by atoms with E-state index >= 15 is 0 Å². The molecule has 0 aromatic heterocycles. The maximum atomic E-state index is 11.7. The molecule has 1 aromatic rings. The van der Waals surface area contributed by atoms with Crippen molar-refractivity contribution in [3.63, 3.8) is 0 Å². The Morgan fingerprint density at radius 2 is 2.10 bits per heavy atom. The van der Waals surface area contributed by atoms with Crippen LogP contribution >= 0.6 is 0 Å². The first-order chi connectivity index (χ1) is 9.62. The molecule has 1 amide bonds. The standard InChI is InChI=1S/C15H21NO4/c1-11(9-15(18)16-7-4-8-17)13-6-5-12(19-2)10-14(13)20-3/h5-6,9-10,17H,4,7-8H2,1-3H3,(H,16,18)/b11-9+. The molecule has 0 atom stereocenters. The Labute approximate surface area is 119 Å². The zero-order chi connectivity index (χ0) is 15.0. The normalized spacial score (nSPS) is 11.1. The topological polar surface area (TPSA) is 67.8 Å². The maximum absolute atomic E-state index is 11.7. The molecule has 0 saturated heterocycles. The average molecular weight is 279 g/mol. The van der Waals surface area contributed by atoms with Gasteiger partial charge in [0.05, 0.1) is 14.2 Å². The van der Waals surface area contributed by atoms with E-state index in [0.29, 0.717) is 24.5 Å². The first-order valence-corrected chi connectivity index (χ1v) is 6.41. The summed E-state index contributed by atoms with van der Waals surface area (Å²) < 4.78 is 10.4. The fourth-order valence-electron chi connectivity index (χ4n) is 1.74.